The molecule has 0 aliphatic carbocycles. The van der Waals surface area contributed by atoms with Crippen LogP contribution >= 0.6 is 27.7 Å². The van der Waals surface area contributed by atoms with Gasteiger partial charge in [-0.15, -0.1) is 5.10 Å². The molecule has 2 N–H and O–H groups in total. The number of rotatable bonds is 6. The lowest BCUT2D eigenvalue weighted by Gasteiger charge is -2.15. The van der Waals surface area contributed by atoms with Crippen LogP contribution in [0, 0.1) is 0 Å². The number of furan rings is 1. The molecule has 1 aliphatic heterocycles. The van der Waals surface area contributed by atoms with E-state index in [9.17, 15) is 14.7 Å². The summed E-state index contributed by atoms with van der Waals surface area (Å²) in [6, 6.07) is 16.8. The van der Waals surface area contributed by atoms with Gasteiger partial charge in [-0.25, -0.2) is 0 Å². The van der Waals surface area contributed by atoms with Crippen LogP contribution in [0.5, 0.6) is 5.75 Å². The number of nitrogens with zero attached hydrogens (tertiary/aromatic N) is 3. The monoisotopic (exact) mass is 512 g/mol. The first kappa shape index (κ1) is 21.8. The van der Waals surface area contributed by atoms with Crippen molar-refractivity contribution in [2.75, 3.05) is 10.2 Å². The van der Waals surface area contributed by atoms with E-state index in [1.54, 1.807) is 36.4 Å². The average molecular weight is 513 g/mol. The molecule has 10 heteroatoms. The minimum absolute atomic E-state index is 0.0327. The van der Waals surface area contributed by atoms with Crippen LogP contribution in [0.25, 0.3) is 0 Å². The molecular formula is C22H17BrN4O4S. The molecule has 0 spiro atoms. The number of phenolic OH excluding ortho intramolecular Hbond substituents is 1. The molecule has 1 aliphatic rings. The fourth-order valence-electron chi connectivity index (χ4n) is 2.92. The van der Waals surface area contributed by atoms with Gasteiger partial charge in [0.05, 0.1) is 18.2 Å². The Morgan fingerprint density at radius 2 is 1.94 bits per heavy atom. The zero-order valence-corrected chi connectivity index (χ0v) is 18.9. The highest BCUT2D eigenvalue weighted by atomic mass is 79.9. The van der Waals surface area contributed by atoms with Gasteiger partial charge in [0.15, 0.2) is 5.17 Å². The number of benzene rings is 2. The van der Waals surface area contributed by atoms with Gasteiger partial charge >= 0.3 is 0 Å². The minimum atomic E-state index is -0.670. The highest BCUT2D eigenvalue weighted by molar-refractivity contribution is 9.10. The maximum Gasteiger partial charge on any atom is 0.247 e. The molecule has 8 nitrogen and oxygen atoms in total. The second kappa shape index (κ2) is 9.84. The molecule has 0 radical (unpaired) electrons. The average Bonchev–Trinajstić information content (AvgIpc) is 3.39. The minimum Gasteiger partial charge on any atom is -0.508 e. The molecule has 3 aromatic rings. The first-order valence-corrected chi connectivity index (χ1v) is 11.2. The molecule has 4 rings (SSSR count). The summed E-state index contributed by atoms with van der Waals surface area (Å²) >= 11 is 4.51. The summed E-state index contributed by atoms with van der Waals surface area (Å²) in [5.41, 5.74) is 1.16. The lowest BCUT2D eigenvalue weighted by atomic mass is 10.2. The number of thioether (sulfide) groups is 1. The molecular weight excluding hydrogens is 496 g/mol. The van der Waals surface area contributed by atoms with Crippen LogP contribution in [-0.4, -0.2) is 33.6 Å². The summed E-state index contributed by atoms with van der Waals surface area (Å²) in [5.74, 6) is 0.0147. The van der Waals surface area contributed by atoms with Crippen molar-refractivity contribution in [2.24, 2.45) is 10.2 Å². The quantitative estimate of drug-likeness (QED) is 0.370. The largest absolute Gasteiger partial charge is 0.508 e. The summed E-state index contributed by atoms with van der Waals surface area (Å²) in [4.78, 5) is 27.1. The van der Waals surface area contributed by atoms with Crippen LogP contribution < -0.4 is 10.2 Å². The Balaban J connectivity index is 1.53. The van der Waals surface area contributed by atoms with E-state index in [1.807, 2.05) is 12.1 Å². The van der Waals surface area contributed by atoms with E-state index in [2.05, 4.69) is 31.4 Å². The van der Waals surface area contributed by atoms with Gasteiger partial charge in [-0.2, -0.15) is 5.10 Å². The topological polar surface area (TPSA) is 108 Å². The molecule has 1 unspecified atom stereocenters. The maximum absolute atomic E-state index is 13.1. The highest BCUT2D eigenvalue weighted by Gasteiger charge is 2.40. The Morgan fingerprint density at radius 1 is 1.19 bits per heavy atom. The molecule has 2 amide bonds. The first-order chi connectivity index (χ1) is 15.5. The second-order valence-electron chi connectivity index (χ2n) is 6.70. The van der Waals surface area contributed by atoms with Crippen molar-refractivity contribution in [3.8, 4) is 5.75 Å². The third-order valence-corrected chi connectivity index (χ3v) is 6.07. The molecule has 2 aromatic carbocycles. The van der Waals surface area contributed by atoms with Gasteiger partial charge in [0.1, 0.15) is 16.8 Å². The molecule has 162 valence electrons. The number of hydrogen-bond acceptors (Lipinski definition) is 7. The molecule has 1 atom stereocenters. The molecule has 1 aromatic heterocycles. The van der Waals surface area contributed by atoms with E-state index in [-0.39, 0.29) is 24.0 Å². The standard InChI is InChI=1S/C22H17BrN4O4S/c23-14-3-5-15(6-4-14)25-20(29)12-19-21(30)27(16-7-9-17(28)10-8-16)22(32-19)26-24-13-18-2-1-11-31-18/h1-11,13,19,28H,12H2,(H,25,29). The number of phenols is 1. The zero-order valence-electron chi connectivity index (χ0n) is 16.5. The van der Waals surface area contributed by atoms with E-state index in [0.717, 1.165) is 16.2 Å². The Morgan fingerprint density at radius 3 is 2.62 bits per heavy atom. The van der Waals surface area contributed by atoms with Crippen molar-refractivity contribution >= 4 is 62.3 Å². The highest BCUT2D eigenvalue weighted by Crippen LogP contribution is 2.34. The number of halogens is 1. The lowest BCUT2D eigenvalue weighted by Crippen LogP contribution is -2.33. The third-order valence-electron chi connectivity index (χ3n) is 4.41. The molecule has 32 heavy (non-hydrogen) atoms. The van der Waals surface area contributed by atoms with Gasteiger partial charge in [-0.05, 0) is 60.7 Å². The van der Waals surface area contributed by atoms with Gasteiger partial charge in [0, 0.05) is 16.6 Å². The Kier molecular flexibility index (Phi) is 6.72. The van der Waals surface area contributed by atoms with Crippen molar-refractivity contribution in [1.82, 2.24) is 0 Å². The van der Waals surface area contributed by atoms with Gasteiger partial charge in [-0.1, -0.05) is 27.7 Å². The third kappa shape index (κ3) is 5.27. The summed E-state index contributed by atoms with van der Waals surface area (Å²) in [5, 5.41) is 20.2. The first-order valence-electron chi connectivity index (χ1n) is 9.49. The van der Waals surface area contributed by atoms with Crippen LogP contribution in [0.3, 0.4) is 0 Å². The lowest BCUT2D eigenvalue weighted by molar-refractivity contribution is -0.121. The van der Waals surface area contributed by atoms with Crippen molar-refractivity contribution < 1.29 is 19.1 Å². The predicted octanol–water partition coefficient (Wildman–Crippen LogP) is 4.62. The van der Waals surface area contributed by atoms with Crippen LogP contribution in [0.4, 0.5) is 11.4 Å². The second-order valence-corrected chi connectivity index (χ2v) is 8.78. The fourth-order valence-corrected chi connectivity index (χ4v) is 4.27. The van der Waals surface area contributed by atoms with Crippen LogP contribution in [0.1, 0.15) is 12.2 Å². The molecule has 1 fully saturated rings. The SMILES string of the molecule is O=C(CC1SC(=NN=Cc2ccco2)N(c2ccc(O)cc2)C1=O)Nc1ccc(Br)cc1. The number of anilines is 2. The smallest absolute Gasteiger partial charge is 0.247 e. The van der Waals surface area contributed by atoms with Crippen molar-refractivity contribution in [3.05, 3.63) is 77.2 Å². The number of amidine groups is 1. The predicted molar refractivity (Wildman–Crippen MR) is 128 cm³/mol. The normalized spacial score (nSPS) is 17.4. The van der Waals surface area contributed by atoms with Crippen LogP contribution in [0.2, 0.25) is 0 Å². The van der Waals surface area contributed by atoms with E-state index >= 15 is 0 Å². The van der Waals surface area contributed by atoms with E-state index in [0.29, 0.717) is 22.3 Å². The van der Waals surface area contributed by atoms with Crippen molar-refractivity contribution in [1.29, 1.82) is 0 Å². The Bertz CT molecular complexity index is 1160. The Labute approximate surface area is 196 Å². The summed E-state index contributed by atoms with van der Waals surface area (Å²) in [7, 11) is 0. The van der Waals surface area contributed by atoms with Crippen LogP contribution in [0.15, 0.2) is 86.0 Å². The van der Waals surface area contributed by atoms with Crippen molar-refractivity contribution in [3.63, 3.8) is 0 Å². The summed E-state index contributed by atoms with van der Waals surface area (Å²) in [6.07, 6.45) is 2.92. The van der Waals surface area contributed by atoms with Crippen molar-refractivity contribution in [2.45, 2.75) is 11.7 Å². The maximum atomic E-state index is 13.1. The zero-order chi connectivity index (χ0) is 22.5. The molecule has 0 saturated carbocycles. The summed E-state index contributed by atoms with van der Waals surface area (Å²) < 4.78 is 6.09. The molecule has 1 saturated heterocycles. The molecule has 0 bridgehead atoms. The van der Waals surface area contributed by atoms with Gasteiger partial charge < -0.3 is 14.8 Å². The Hall–Kier alpha value is -3.37. The van der Waals surface area contributed by atoms with E-state index < -0.39 is 5.25 Å². The number of carbonyl (C=O) groups is 2. The molecule has 2 heterocycles. The van der Waals surface area contributed by atoms with Gasteiger partial charge in [0.25, 0.3) is 0 Å². The van der Waals surface area contributed by atoms with Gasteiger partial charge in [0.2, 0.25) is 11.8 Å². The number of amides is 2. The van der Waals surface area contributed by atoms with Gasteiger partial charge in [-0.3, -0.25) is 14.5 Å². The number of nitrogens with one attached hydrogen (secondary N) is 1. The number of hydrogen-bond donors (Lipinski definition) is 2. The number of aromatic hydroxyl groups is 1. The van der Waals surface area contributed by atoms with Crippen LogP contribution in [-0.2, 0) is 9.59 Å². The summed E-state index contributed by atoms with van der Waals surface area (Å²) in [6.45, 7) is 0. The number of carbonyl (C=O) groups excluding carboxylic acids is 2. The fraction of sp³-hybridized carbons (Fsp3) is 0.0909. The van der Waals surface area contributed by atoms with E-state index in [1.165, 1.54) is 29.5 Å². The van der Waals surface area contributed by atoms with E-state index in [4.69, 9.17) is 4.42 Å².